The zero-order valence-electron chi connectivity index (χ0n) is 8.00. The molecule has 86 valence electrons. The predicted molar refractivity (Wildman–Crippen MR) is 56.0 cm³/mol. The van der Waals surface area contributed by atoms with Crippen LogP contribution in [0.5, 0.6) is 11.5 Å². The van der Waals surface area contributed by atoms with Crippen molar-refractivity contribution in [2.24, 2.45) is 0 Å². The SMILES string of the molecule is O=C(O)C1(c2c(F)cc(O)c(O)c2Br)CC1. The summed E-state index contributed by atoms with van der Waals surface area (Å²) >= 11 is 2.91. The van der Waals surface area contributed by atoms with Crippen molar-refractivity contribution in [1.82, 2.24) is 0 Å². The summed E-state index contributed by atoms with van der Waals surface area (Å²) in [7, 11) is 0. The first-order valence-corrected chi connectivity index (χ1v) is 5.33. The number of rotatable bonds is 2. The fourth-order valence-corrected chi connectivity index (χ4v) is 2.50. The summed E-state index contributed by atoms with van der Waals surface area (Å²) in [6, 6.07) is 0.721. The second kappa shape index (κ2) is 3.35. The van der Waals surface area contributed by atoms with Crippen LogP contribution in [0.2, 0.25) is 0 Å². The van der Waals surface area contributed by atoms with E-state index in [-0.39, 0.29) is 10.0 Å². The number of halogens is 2. The lowest BCUT2D eigenvalue weighted by molar-refractivity contribution is -0.140. The Bertz CT molecular complexity index is 482. The van der Waals surface area contributed by atoms with Gasteiger partial charge in [-0.2, -0.15) is 0 Å². The number of benzene rings is 1. The van der Waals surface area contributed by atoms with Crippen molar-refractivity contribution in [3.8, 4) is 11.5 Å². The summed E-state index contributed by atoms with van der Waals surface area (Å²) in [5.74, 6) is -3.11. The van der Waals surface area contributed by atoms with Gasteiger partial charge in [-0.05, 0) is 28.8 Å². The zero-order valence-corrected chi connectivity index (χ0v) is 9.58. The van der Waals surface area contributed by atoms with Crippen LogP contribution in [0.1, 0.15) is 18.4 Å². The number of carbonyl (C=O) groups is 1. The summed E-state index contributed by atoms with van der Waals surface area (Å²) in [6.45, 7) is 0. The topological polar surface area (TPSA) is 77.8 Å². The number of aromatic hydroxyl groups is 2. The van der Waals surface area contributed by atoms with Crippen LogP contribution in [0.25, 0.3) is 0 Å². The minimum absolute atomic E-state index is 0.0927. The minimum Gasteiger partial charge on any atom is -0.504 e. The fraction of sp³-hybridized carbons (Fsp3) is 0.300. The Kier molecular flexibility index (Phi) is 2.34. The van der Waals surface area contributed by atoms with Crippen LogP contribution in [-0.2, 0) is 10.2 Å². The average Bonchev–Trinajstić information content (AvgIpc) is 2.96. The van der Waals surface area contributed by atoms with Gasteiger partial charge in [0.05, 0.1) is 9.89 Å². The molecule has 1 saturated carbocycles. The second-order valence-electron chi connectivity index (χ2n) is 3.80. The van der Waals surface area contributed by atoms with E-state index in [1.807, 2.05) is 0 Å². The van der Waals surface area contributed by atoms with Crippen molar-refractivity contribution in [3.63, 3.8) is 0 Å². The van der Waals surface area contributed by atoms with Gasteiger partial charge in [0.15, 0.2) is 11.5 Å². The van der Waals surface area contributed by atoms with Crippen LogP contribution in [0, 0.1) is 5.82 Å². The first-order valence-electron chi connectivity index (χ1n) is 4.54. The van der Waals surface area contributed by atoms with Crippen molar-refractivity contribution in [2.45, 2.75) is 18.3 Å². The molecule has 1 aromatic carbocycles. The van der Waals surface area contributed by atoms with Gasteiger partial charge in [0.2, 0.25) is 0 Å². The van der Waals surface area contributed by atoms with Gasteiger partial charge in [0, 0.05) is 11.6 Å². The van der Waals surface area contributed by atoms with Gasteiger partial charge in [-0.1, -0.05) is 0 Å². The zero-order chi connectivity index (χ0) is 12.1. The molecular formula is C10H8BrFO4. The molecule has 2 rings (SSSR count). The molecule has 16 heavy (non-hydrogen) atoms. The van der Waals surface area contributed by atoms with Gasteiger partial charge in [-0.15, -0.1) is 0 Å². The smallest absolute Gasteiger partial charge is 0.314 e. The summed E-state index contributed by atoms with van der Waals surface area (Å²) in [5.41, 5.74) is -1.37. The maximum Gasteiger partial charge on any atom is 0.314 e. The minimum atomic E-state index is -1.27. The quantitative estimate of drug-likeness (QED) is 0.729. The van der Waals surface area contributed by atoms with Gasteiger partial charge in [-0.25, -0.2) is 4.39 Å². The molecule has 1 aromatic rings. The molecule has 0 saturated heterocycles. The number of phenols is 2. The molecule has 0 heterocycles. The Morgan fingerprint density at radius 1 is 1.44 bits per heavy atom. The summed E-state index contributed by atoms with van der Waals surface area (Å²) in [6.07, 6.45) is 0.643. The first-order chi connectivity index (χ1) is 7.40. The van der Waals surface area contributed by atoms with Crippen molar-refractivity contribution in [1.29, 1.82) is 0 Å². The van der Waals surface area contributed by atoms with E-state index < -0.39 is 28.7 Å². The Labute approximate surface area is 98.5 Å². The van der Waals surface area contributed by atoms with Gasteiger partial charge in [0.1, 0.15) is 5.82 Å². The lowest BCUT2D eigenvalue weighted by atomic mass is 9.95. The van der Waals surface area contributed by atoms with Crippen molar-refractivity contribution in [2.75, 3.05) is 0 Å². The lowest BCUT2D eigenvalue weighted by Gasteiger charge is -2.15. The highest BCUT2D eigenvalue weighted by molar-refractivity contribution is 9.10. The van der Waals surface area contributed by atoms with E-state index >= 15 is 0 Å². The fourth-order valence-electron chi connectivity index (χ4n) is 1.73. The van der Waals surface area contributed by atoms with Crippen LogP contribution in [0.3, 0.4) is 0 Å². The lowest BCUT2D eigenvalue weighted by Crippen LogP contribution is -2.21. The molecule has 1 aliphatic rings. The maximum atomic E-state index is 13.6. The third-order valence-corrected chi connectivity index (χ3v) is 3.58. The van der Waals surface area contributed by atoms with E-state index in [9.17, 15) is 14.3 Å². The predicted octanol–water partition coefficient (Wildman–Crippen LogP) is 2.12. The molecule has 0 atom stereocenters. The van der Waals surface area contributed by atoms with Crippen LogP contribution in [0.4, 0.5) is 4.39 Å². The number of aliphatic carboxylic acids is 1. The highest BCUT2D eigenvalue weighted by Gasteiger charge is 2.55. The summed E-state index contributed by atoms with van der Waals surface area (Å²) in [5, 5.41) is 27.6. The molecule has 6 heteroatoms. The van der Waals surface area contributed by atoms with Gasteiger partial charge in [0.25, 0.3) is 0 Å². The van der Waals surface area contributed by atoms with Gasteiger partial charge < -0.3 is 15.3 Å². The highest BCUT2D eigenvalue weighted by Crippen LogP contribution is 2.54. The Morgan fingerprint density at radius 2 is 2.00 bits per heavy atom. The third kappa shape index (κ3) is 1.36. The summed E-state index contributed by atoms with van der Waals surface area (Å²) < 4.78 is 13.5. The molecule has 1 fully saturated rings. The maximum absolute atomic E-state index is 13.6. The normalized spacial score (nSPS) is 17.1. The molecular weight excluding hydrogens is 283 g/mol. The largest absolute Gasteiger partial charge is 0.504 e. The third-order valence-electron chi connectivity index (χ3n) is 2.81. The Balaban J connectivity index is 2.67. The van der Waals surface area contributed by atoms with Gasteiger partial charge >= 0.3 is 5.97 Å². The number of carboxylic acid groups (broad SMARTS) is 1. The number of hydrogen-bond donors (Lipinski definition) is 3. The average molecular weight is 291 g/mol. The van der Waals surface area contributed by atoms with Crippen LogP contribution >= 0.6 is 15.9 Å². The molecule has 0 spiro atoms. The molecule has 0 amide bonds. The monoisotopic (exact) mass is 290 g/mol. The van der Waals surface area contributed by atoms with Crippen molar-refractivity contribution < 1.29 is 24.5 Å². The number of hydrogen-bond acceptors (Lipinski definition) is 3. The van der Waals surface area contributed by atoms with E-state index in [2.05, 4.69) is 15.9 Å². The van der Waals surface area contributed by atoms with Gasteiger partial charge in [-0.3, -0.25) is 4.79 Å². The van der Waals surface area contributed by atoms with E-state index in [0.29, 0.717) is 12.8 Å². The molecule has 0 aliphatic heterocycles. The summed E-state index contributed by atoms with van der Waals surface area (Å²) in [4.78, 5) is 11.1. The van der Waals surface area contributed by atoms with Crippen molar-refractivity contribution >= 4 is 21.9 Å². The van der Waals surface area contributed by atoms with E-state index in [1.165, 1.54) is 0 Å². The number of phenolic OH excluding ortho intramolecular Hbond substituents is 2. The number of carboxylic acids is 1. The second-order valence-corrected chi connectivity index (χ2v) is 4.60. The Morgan fingerprint density at radius 3 is 2.44 bits per heavy atom. The molecule has 3 N–H and O–H groups in total. The highest BCUT2D eigenvalue weighted by atomic mass is 79.9. The molecule has 1 aliphatic carbocycles. The first kappa shape index (κ1) is 11.2. The molecule has 4 nitrogen and oxygen atoms in total. The van der Waals surface area contributed by atoms with E-state index in [1.54, 1.807) is 0 Å². The molecule has 0 bridgehead atoms. The molecule has 0 aromatic heterocycles. The van der Waals surface area contributed by atoms with Crippen molar-refractivity contribution in [3.05, 3.63) is 21.9 Å². The standard InChI is InChI=1S/C10H8BrFO4/c11-7-6(10(1-2-10)9(15)16)4(12)3-5(13)8(7)14/h3,13-14H,1-2H2,(H,15,16). The van der Waals surface area contributed by atoms with Crippen LogP contribution in [-0.4, -0.2) is 21.3 Å². The van der Waals surface area contributed by atoms with E-state index in [0.717, 1.165) is 6.07 Å². The van der Waals surface area contributed by atoms with Crippen LogP contribution in [0.15, 0.2) is 10.5 Å². The van der Waals surface area contributed by atoms with E-state index in [4.69, 9.17) is 10.2 Å². The van der Waals surface area contributed by atoms with Crippen LogP contribution < -0.4 is 0 Å². The molecule has 0 unspecified atom stereocenters. The molecule has 0 radical (unpaired) electrons. The Hall–Kier alpha value is -1.30.